The molecular formula is C13H18N6O. The van der Waals surface area contributed by atoms with Crippen LogP contribution in [-0.4, -0.2) is 17.8 Å². The van der Waals surface area contributed by atoms with Gasteiger partial charge in [0, 0.05) is 6.54 Å². The molecule has 1 aromatic carbocycles. The summed E-state index contributed by atoms with van der Waals surface area (Å²) in [6, 6.07) is 5.56. The van der Waals surface area contributed by atoms with E-state index < -0.39 is 5.41 Å². The van der Waals surface area contributed by atoms with Gasteiger partial charge in [-0.25, -0.2) is 4.99 Å². The number of hydrogen-bond donors (Lipinski definition) is 4. The van der Waals surface area contributed by atoms with Crippen LogP contribution in [0.1, 0.15) is 25.0 Å². The van der Waals surface area contributed by atoms with Crippen LogP contribution in [-0.2, 0) is 16.8 Å². The maximum Gasteiger partial charge on any atom is 0.230 e. The molecule has 0 saturated carbocycles. The molecule has 7 heteroatoms. The van der Waals surface area contributed by atoms with Gasteiger partial charge in [-0.3, -0.25) is 4.79 Å². The lowest BCUT2D eigenvalue weighted by Gasteiger charge is -2.31. The van der Waals surface area contributed by atoms with E-state index in [4.69, 9.17) is 17.2 Å². The highest BCUT2D eigenvalue weighted by atomic mass is 16.2. The molecule has 0 fully saturated rings. The number of nitrogens with two attached hydrogens (primary N) is 3. The topological polar surface area (TPSA) is 132 Å². The largest absolute Gasteiger partial charge is 0.370 e. The van der Waals surface area contributed by atoms with Crippen molar-refractivity contribution in [1.29, 1.82) is 0 Å². The van der Waals surface area contributed by atoms with Crippen molar-refractivity contribution in [3.63, 3.8) is 0 Å². The number of nitrogens with zero attached hydrogens (tertiary/aromatic N) is 2. The molecule has 1 aliphatic rings. The number of rotatable bonds is 1. The second-order valence-electron chi connectivity index (χ2n) is 5.16. The molecule has 0 radical (unpaired) electrons. The molecule has 7 N–H and O–H groups in total. The lowest BCUT2D eigenvalue weighted by atomic mass is 9.78. The first-order chi connectivity index (χ1) is 9.30. The Bertz CT molecular complexity index is 613. The zero-order valence-corrected chi connectivity index (χ0v) is 11.5. The number of amides is 1. The molecular weight excluding hydrogens is 256 g/mol. The summed E-state index contributed by atoms with van der Waals surface area (Å²) in [6.07, 6.45) is 0. The molecule has 1 amide bonds. The van der Waals surface area contributed by atoms with Crippen molar-refractivity contribution in [2.24, 2.45) is 27.2 Å². The summed E-state index contributed by atoms with van der Waals surface area (Å²) in [6.45, 7) is 4.26. The number of guanidine groups is 2. The van der Waals surface area contributed by atoms with Gasteiger partial charge in [0.05, 0.1) is 11.1 Å². The van der Waals surface area contributed by atoms with E-state index in [9.17, 15) is 4.79 Å². The van der Waals surface area contributed by atoms with Crippen LogP contribution in [0.25, 0.3) is 0 Å². The molecule has 106 valence electrons. The highest BCUT2D eigenvalue weighted by molar-refractivity contribution is 5.94. The molecule has 1 aliphatic heterocycles. The molecule has 20 heavy (non-hydrogen) atoms. The Labute approximate surface area is 117 Å². The van der Waals surface area contributed by atoms with Crippen LogP contribution in [0, 0.1) is 0 Å². The fraction of sp³-hybridized carbons (Fsp3) is 0.308. The van der Waals surface area contributed by atoms with Crippen LogP contribution >= 0.6 is 0 Å². The maximum absolute atomic E-state index is 11.9. The van der Waals surface area contributed by atoms with Crippen molar-refractivity contribution in [1.82, 2.24) is 5.32 Å². The number of carbonyl (C=O) groups excluding carboxylic acids is 1. The molecule has 0 aromatic heterocycles. The van der Waals surface area contributed by atoms with Crippen LogP contribution in [0.4, 0.5) is 5.69 Å². The molecule has 1 heterocycles. The van der Waals surface area contributed by atoms with Crippen LogP contribution < -0.4 is 22.5 Å². The monoisotopic (exact) mass is 274 g/mol. The van der Waals surface area contributed by atoms with Crippen LogP contribution in [0.2, 0.25) is 0 Å². The zero-order valence-electron chi connectivity index (χ0n) is 11.5. The quantitative estimate of drug-likeness (QED) is 0.417. The number of fused-ring (bicyclic) bond motifs is 1. The van der Waals surface area contributed by atoms with Crippen LogP contribution in [0.5, 0.6) is 0 Å². The van der Waals surface area contributed by atoms with E-state index in [0.717, 1.165) is 11.1 Å². The van der Waals surface area contributed by atoms with Crippen molar-refractivity contribution in [2.75, 3.05) is 0 Å². The standard InChI is InChI=1S/C13H18N6O/c1-13(2)9-5-8(18-12(16)19-11(14)15)4-3-7(9)6-17-10(13)20/h3-5H,6H2,1-2H3,(H,17,20)(H6,14,15,16,18,19). The fourth-order valence-electron chi connectivity index (χ4n) is 2.18. The van der Waals surface area contributed by atoms with Crippen molar-refractivity contribution < 1.29 is 4.79 Å². The molecule has 2 rings (SSSR count). The van der Waals surface area contributed by atoms with Crippen LogP contribution in [0.3, 0.4) is 0 Å². The average molecular weight is 274 g/mol. The van der Waals surface area contributed by atoms with Gasteiger partial charge in [0.2, 0.25) is 11.9 Å². The predicted octanol–water partition coefficient (Wildman–Crippen LogP) is -0.186. The number of benzene rings is 1. The van der Waals surface area contributed by atoms with E-state index in [1.54, 1.807) is 0 Å². The molecule has 0 unspecified atom stereocenters. The van der Waals surface area contributed by atoms with E-state index in [0.29, 0.717) is 12.2 Å². The van der Waals surface area contributed by atoms with E-state index in [2.05, 4.69) is 15.3 Å². The van der Waals surface area contributed by atoms with Gasteiger partial charge in [-0.05, 0) is 37.1 Å². The van der Waals surface area contributed by atoms with Gasteiger partial charge >= 0.3 is 0 Å². The van der Waals surface area contributed by atoms with Gasteiger partial charge in [-0.1, -0.05) is 6.07 Å². The lowest BCUT2D eigenvalue weighted by molar-refractivity contribution is -0.126. The number of aliphatic imine (C=N–C) groups is 2. The molecule has 7 nitrogen and oxygen atoms in total. The highest BCUT2D eigenvalue weighted by Crippen LogP contribution is 2.33. The van der Waals surface area contributed by atoms with Gasteiger partial charge in [0.15, 0.2) is 5.96 Å². The van der Waals surface area contributed by atoms with Gasteiger partial charge in [-0.15, -0.1) is 0 Å². The van der Waals surface area contributed by atoms with Crippen molar-refractivity contribution in [3.8, 4) is 0 Å². The average Bonchev–Trinajstić information content (AvgIpc) is 2.34. The number of hydrogen-bond acceptors (Lipinski definition) is 2. The normalized spacial score (nSPS) is 17.1. The number of nitrogens with one attached hydrogen (secondary N) is 1. The highest BCUT2D eigenvalue weighted by Gasteiger charge is 2.35. The molecule has 0 spiro atoms. The van der Waals surface area contributed by atoms with E-state index in [-0.39, 0.29) is 17.8 Å². The minimum absolute atomic E-state index is 0.0108. The smallest absolute Gasteiger partial charge is 0.230 e. The Morgan fingerprint density at radius 3 is 2.65 bits per heavy atom. The van der Waals surface area contributed by atoms with Crippen molar-refractivity contribution >= 4 is 23.5 Å². The molecule has 0 atom stereocenters. The third-order valence-electron chi connectivity index (χ3n) is 3.26. The minimum Gasteiger partial charge on any atom is -0.370 e. The second-order valence-corrected chi connectivity index (χ2v) is 5.16. The van der Waals surface area contributed by atoms with Crippen molar-refractivity contribution in [2.45, 2.75) is 25.8 Å². The van der Waals surface area contributed by atoms with Gasteiger partial charge in [-0.2, -0.15) is 4.99 Å². The molecule has 1 aromatic rings. The second kappa shape index (κ2) is 4.84. The lowest BCUT2D eigenvalue weighted by Crippen LogP contribution is -2.44. The first-order valence-corrected chi connectivity index (χ1v) is 6.16. The first kappa shape index (κ1) is 13.9. The Kier molecular flexibility index (Phi) is 3.35. The Morgan fingerprint density at radius 2 is 2.00 bits per heavy atom. The Hall–Kier alpha value is -2.57. The van der Waals surface area contributed by atoms with Gasteiger partial charge in [0.1, 0.15) is 0 Å². The van der Waals surface area contributed by atoms with Crippen LogP contribution in [0.15, 0.2) is 28.2 Å². The van der Waals surface area contributed by atoms with E-state index in [1.807, 2.05) is 32.0 Å². The van der Waals surface area contributed by atoms with E-state index in [1.165, 1.54) is 0 Å². The van der Waals surface area contributed by atoms with Gasteiger partial charge in [0.25, 0.3) is 0 Å². The molecule has 0 aliphatic carbocycles. The zero-order chi connectivity index (χ0) is 14.9. The van der Waals surface area contributed by atoms with Crippen molar-refractivity contribution in [3.05, 3.63) is 29.3 Å². The summed E-state index contributed by atoms with van der Waals surface area (Å²) in [4.78, 5) is 19.7. The Balaban J connectivity index is 2.44. The third-order valence-corrected chi connectivity index (χ3v) is 3.26. The molecule has 0 bridgehead atoms. The SMILES string of the molecule is CC1(C)C(=O)NCc2ccc(N=C(N)N=C(N)N)cc21. The first-order valence-electron chi connectivity index (χ1n) is 6.16. The Morgan fingerprint density at radius 1 is 1.30 bits per heavy atom. The van der Waals surface area contributed by atoms with E-state index >= 15 is 0 Å². The summed E-state index contributed by atoms with van der Waals surface area (Å²) < 4.78 is 0. The van der Waals surface area contributed by atoms with Gasteiger partial charge < -0.3 is 22.5 Å². The fourth-order valence-corrected chi connectivity index (χ4v) is 2.18. The summed E-state index contributed by atoms with van der Waals surface area (Å²) in [5, 5.41) is 2.86. The third kappa shape index (κ3) is 2.56. The summed E-state index contributed by atoms with van der Waals surface area (Å²) in [7, 11) is 0. The minimum atomic E-state index is -0.607. The maximum atomic E-state index is 11.9. The molecule has 0 saturated heterocycles. The summed E-state index contributed by atoms with van der Waals surface area (Å²) >= 11 is 0. The number of carbonyl (C=O) groups is 1. The summed E-state index contributed by atoms with van der Waals surface area (Å²) in [5.41, 5.74) is 18.1. The summed E-state index contributed by atoms with van der Waals surface area (Å²) in [5.74, 6) is -0.185. The predicted molar refractivity (Wildman–Crippen MR) is 78.4 cm³/mol.